The molecule has 4 rings (SSSR count). The molecule has 4 heterocycles. The molecule has 0 bridgehead atoms. The molecule has 0 N–H and O–H groups in total. The zero-order chi connectivity index (χ0) is 18.8. The minimum Gasteiger partial charge on any atom is -0.356 e. The van der Waals surface area contributed by atoms with Gasteiger partial charge in [-0.2, -0.15) is 0 Å². The Bertz CT molecular complexity index is 812. The lowest BCUT2D eigenvalue weighted by Gasteiger charge is -2.33. The van der Waals surface area contributed by atoms with E-state index < -0.39 is 0 Å². The molecule has 2 saturated heterocycles. The van der Waals surface area contributed by atoms with Crippen molar-refractivity contribution < 1.29 is 9.32 Å². The highest BCUT2D eigenvalue weighted by molar-refractivity contribution is 5.78. The number of carbonyl (C=O) groups is 1. The van der Waals surface area contributed by atoms with Gasteiger partial charge in [-0.25, -0.2) is 9.97 Å². The topological polar surface area (TPSA) is 75.4 Å². The first kappa shape index (κ1) is 18.1. The smallest absolute Gasteiger partial charge is 0.236 e. The predicted molar refractivity (Wildman–Crippen MR) is 101 cm³/mol. The van der Waals surface area contributed by atoms with Crippen molar-refractivity contribution in [1.82, 2.24) is 24.9 Å². The van der Waals surface area contributed by atoms with Gasteiger partial charge < -0.3 is 9.42 Å². The highest BCUT2D eigenvalue weighted by atomic mass is 16.5. The van der Waals surface area contributed by atoms with Crippen LogP contribution in [0.4, 0.5) is 0 Å². The minimum atomic E-state index is 0.262. The second-order valence-electron chi connectivity index (χ2n) is 7.71. The quantitative estimate of drug-likeness (QED) is 0.824. The van der Waals surface area contributed by atoms with Gasteiger partial charge in [0.25, 0.3) is 0 Å². The Morgan fingerprint density at radius 3 is 2.78 bits per heavy atom. The van der Waals surface area contributed by atoms with Gasteiger partial charge >= 0.3 is 0 Å². The van der Waals surface area contributed by atoms with E-state index in [0.29, 0.717) is 12.3 Å². The summed E-state index contributed by atoms with van der Waals surface area (Å²) >= 11 is 0. The summed E-state index contributed by atoms with van der Waals surface area (Å²) in [5.74, 6) is 2.01. The number of carbonyl (C=O) groups excluding carboxylic acids is 1. The van der Waals surface area contributed by atoms with Crippen LogP contribution in [0.5, 0.6) is 0 Å². The summed E-state index contributed by atoms with van der Waals surface area (Å²) in [6, 6.07) is 1.93. The van der Waals surface area contributed by atoms with Gasteiger partial charge in [0, 0.05) is 37.8 Å². The number of nitrogens with zero attached hydrogens (tertiary/aromatic N) is 5. The number of piperidine rings is 1. The fraction of sp³-hybridized carbons (Fsp3) is 0.600. The molecule has 7 heteroatoms. The molecule has 1 unspecified atom stereocenters. The van der Waals surface area contributed by atoms with Crippen LogP contribution in [-0.4, -0.2) is 63.6 Å². The minimum absolute atomic E-state index is 0.262. The third-order valence-corrected chi connectivity index (χ3v) is 5.54. The Labute approximate surface area is 159 Å². The largest absolute Gasteiger partial charge is 0.356 e. The predicted octanol–water partition coefficient (Wildman–Crippen LogP) is 2.55. The van der Waals surface area contributed by atoms with Gasteiger partial charge in [0.15, 0.2) is 5.76 Å². The van der Waals surface area contributed by atoms with Crippen molar-refractivity contribution in [1.29, 1.82) is 0 Å². The summed E-state index contributed by atoms with van der Waals surface area (Å²) in [5, 5.41) is 4.01. The van der Waals surface area contributed by atoms with Gasteiger partial charge in [-0.1, -0.05) is 5.16 Å². The first-order chi connectivity index (χ1) is 13.1. The summed E-state index contributed by atoms with van der Waals surface area (Å²) < 4.78 is 5.48. The number of aromatic nitrogens is 3. The van der Waals surface area contributed by atoms with Gasteiger partial charge in [0.05, 0.1) is 23.5 Å². The molecule has 0 spiro atoms. The number of aryl methyl sites for hydroxylation is 2. The van der Waals surface area contributed by atoms with Crippen LogP contribution in [0.2, 0.25) is 0 Å². The van der Waals surface area contributed by atoms with Crippen LogP contribution in [-0.2, 0) is 4.79 Å². The Kier molecular flexibility index (Phi) is 5.20. The molecule has 144 valence electrons. The normalized spacial score (nSPS) is 21.0. The lowest BCUT2D eigenvalue weighted by atomic mass is 9.91. The molecular formula is C20H27N5O2. The summed E-state index contributed by atoms with van der Waals surface area (Å²) in [4.78, 5) is 25.9. The van der Waals surface area contributed by atoms with Crippen LogP contribution in [0.25, 0.3) is 11.3 Å². The van der Waals surface area contributed by atoms with Gasteiger partial charge in [-0.3, -0.25) is 9.69 Å². The molecule has 2 aliphatic heterocycles. The number of hydrogen-bond acceptors (Lipinski definition) is 6. The van der Waals surface area contributed by atoms with Crippen LogP contribution < -0.4 is 0 Å². The van der Waals surface area contributed by atoms with Crippen molar-refractivity contribution in [3.8, 4) is 11.3 Å². The van der Waals surface area contributed by atoms with E-state index in [1.807, 2.05) is 31.0 Å². The van der Waals surface area contributed by atoms with Crippen LogP contribution in [0, 0.1) is 13.8 Å². The summed E-state index contributed by atoms with van der Waals surface area (Å²) in [6.45, 7) is 7.97. The van der Waals surface area contributed by atoms with E-state index in [9.17, 15) is 4.79 Å². The molecule has 0 radical (unpaired) electrons. The summed E-state index contributed by atoms with van der Waals surface area (Å²) in [6.07, 6.45) is 6.23. The molecule has 7 nitrogen and oxygen atoms in total. The molecule has 2 aliphatic rings. The fourth-order valence-electron chi connectivity index (χ4n) is 4.16. The molecule has 0 aliphatic carbocycles. The fourth-order valence-corrected chi connectivity index (χ4v) is 4.16. The van der Waals surface area contributed by atoms with E-state index >= 15 is 0 Å². The van der Waals surface area contributed by atoms with Crippen molar-refractivity contribution in [3.63, 3.8) is 0 Å². The van der Waals surface area contributed by atoms with Gasteiger partial charge in [0.2, 0.25) is 5.91 Å². The van der Waals surface area contributed by atoms with E-state index in [0.717, 1.165) is 74.6 Å². The van der Waals surface area contributed by atoms with Gasteiger partial charge in [-0.05, 0) is 46.1 Å². The third-order valence-electron chi connectivity index (χ3n) is 5.54. The van der Waals surface area contributed by atoms with Crippen LogP contribution in [0.15, 0.2) is 16.8 Å². The van der Waals surface area contributed by atoms with Crippen LogP contribution in [0.3, 0.4) is 0 Å². The lowest BCUT2D eigenvalue weighted by molar-refractivity contribution is -0.131. The Balaban J connectivity index is 1.52. The highest BCUT2D eigenvalue weighted by Gasteiger charge is 2.29. The molecule has 1 amide bonds. The van der Waals surface area contributed by atoms with Crippen molar-refractivity contribution >= 4 is 5.91 Å². The van der Waals surface area contributed by atoms with Gasteiger partial charge in [0.1, 0.15) is 5.82 Å². The Hall–Kier alpha value is -2.28. The second kappa shape index (κ2) is 7.76. The van der Waals surface area contributed by atoms with E-state index in [1.165, 1.54) is 0 Å². The first-order valence-electron chi connectivity index (χ1n) is 9.87. The summed E-state index contributed by atoms with van der Waals surface area (Å²) in [7, 11) is 0. The van der Waals surface area contributed by atoms with E-state index in [1.54, 1.807) is 0 Å². The average molecular weight is 369 g/mol. The molecule has 27 heavy (non-hydrogen) atoms. The highest BCUT2D eigenvalue weighted by Crippen LogP contribution is 2.33. The van der Waals surface area contributed by atoms with Crippen LogP contribution >= 0.6 is 0 Å². The molecule has 0 aromatic carbocycles. The Morgan fingerprint density at radius 2 is 2.04 bits per heavy atom. The molecule has 2 aromatic heterocycles. The first-order valence-corrected chi connectivity index (χ1v) is 9.87. The van der Waals surface area contributed by atoms with E-state index in [-0.39, 0.29) is 11.8 Å². The lowest BCUT2D eigenvalue weighted by Crippen LogP contribution is -2.43. The van der Waals surface area contributed by atoms with Gasteiger partial charge in [-0.15, -0.1) is 0 Å². The maximum absolute atomic E-state index is 12.5. The summed E-state index contributed by atoms with van der Waals surface area (Å²) in [5.41, 5.74) is 2.77. The molecule has 1 atom stereocenters. The second-order valence-corrected chi connectivity index (χ2v) is 7.71. The number of hydrogen-bond donors (Lipinski definition) is 0. The van der Waals surface area contributed by atoms with Crippen molar-refractivity contribution in [2.75, 3.05) is 32.7 Å². The van der Waals surface area contributed by atoms with E-state index in [4.69, 9.17) is 9.51 Å². The third kappa shape index (κ3) is 4.03. The van der Waals surface area contributed by atoms with E-state index in [2.05, 4.69) is 15.0 Å². The van der Waals surface area contributed by atoms with Crippen molar-refractivity contribution in [2.45, 2.75) is 45.4 Å². The SMILES string of the molecule is Cc1cc(-c2cnc(C)nc2C2CCCN(CC(=O)N3CCCC3)C2)on1. The zero-order valence-electron chi connectivity index (χ0n) is 16.1. The average Bonchev–Trinajstić information content (AvgIpc) is 3.34. The molecule has 0 saturated carbocycles. The Morgan fingerprint density at radius 1 is 1.22 bits per heavy atom. The van der Waals surface area contributed by atoms with Crippen LogP contribution in [0.1, 0.15) is 48.8 Å². The maximum atomic E-state index is 12.5. The maximum Gasteiger partial charge on any atom is 0.236 e. The number of likely N-dealkylation sites (tertiary alicyclic amines) is 2. The standard InChI is InChI=1S/C20H27N5O2/c1-14-10-18(27-23-14)17-11-21-15(2)22-20(17)16-6-5-7-24(12-16)13-19(26)25-8-3-4-9-25/h10-11,16H,3-9,12-13H2,1-2H3. The molecule has 2 aromatic rings. The van der Waals surface area contributed by atoms with Crippen molar-refractivity contribution in [2.24, 2.45) is 0 Å². The molecular weight excluding hydrogens is 342 g/mol. The number of amides is 1. The zero-order valence-corrected chi connectivity index (χ0v) is 16.1. The number of rotatable bonds is 4. The monoisotopic (exact) mass is 369 g/mol. The molecule has 2 fully saturated rings. The van der Waals surface area contributed by atoms with Crippen molar-refractivity contribution in [3.05, 3.63) is 29.5 Å².